The second kappa shape index (κ2) is 5.38. The van der Waals surface area contributed by atoms with Crippen molar-refractivity contribution in [1.82, 2.24) is 4.90 Å². The van der Waals surface area contributed by atoms with Crippen molar-refractivity contribution in [3.05, 3.63) is 0 Å². The summed E-state index contributed by atoms with van der Waals surface area (Å²) in [6.45, 7) is 7.04. The molecule has 1 saturated heterocycles. The van der Waals surface area contributed by atoms with Crippen LogP contribution in [0, 0.1) is 5.92 Å². The highest BCUT2D eigenvalue weighted by atomic mass is 16.5. The number of likely N-dealkylation sites (tertiary alicyclic amines) is 1. The lowest BCUT2D eigenvalue weighted by atomic mass is 9.83. The maximum Gasteiger partial charge on any atom is 0.307 e. The minimum atomic E-state index is -0.00634. The van der Waals surface area contributed by atoms with Gasteiger partial charge in [-0.2, -0.15) is 0 Å². The zero-order valence-electron chi connectivity index (χ0n) is 11.2. The first-order valence-corrected chi connectivity index (χ1v) is 7.10. The predicted octanol–water partition coefficient (Wildman–Crippen LogP) is 2.59. The van der Waals surface area contributed by atoms with Crippen LogP contribution in [0.4, 0.5) is 0 Å². The fourth-order valence-electron chi connectivity index (χ4n) is 3.70. The normalized spacial score (nSPS) is 34.1. The predicted molar refractivity (Wildman–Crippen MR) is 67.8 cm³/mol. The summed E-state index contributed by atoms with van der Waals surface area (Å²) in [4.78, 5) is 14.4. The van der Waals surface area contributed by atoms with Crippen molar-refractivity contribution >= 4 is 5.97 Å². The minimum absolute atomic E-state index is 0.00634. The molecule has 1 heterocycles. The first-order valence-electron chi connectivity index (χ1n) is 7.10. The van der Waals surface area contributed by atoms with Crippen molar-refractivity contribution in [3.8, 4) is 0 Å². The molecular formula is C14H25NO2. The van der Waals surface area contributed by atoms with Crippen molar-refractivity contribution in [2.24, 2.45) is 5.92 Å². The highest BCUT2D eigenvalue weighted by molar-refractivity contribution is 5.71. The SMILES string of the molecule is CCOC(=O)CC1(N2CCCC2)CCCC1C. The monoisotopic (exact) mass is 239 g/mol. The Bertz CT molecular complexity index is 273. The second-order valence-corrected chi connectivity index (χ2v) is 5.57. The Kier molecular flexibility index (Phi) is 4.08. The molecule has 1 aliphatic heterocycles. The van der Waals surface area contributed by atoms with Gasteiger partial charge in [-0.05, 0) is 51.6 Å². The van der Waals surface area contributed by atoms with E-state index in [4.69, 9.17) is 4.74 Å². The zero-order valence-corrected chi connectivity index (χ0v) is 11.2. The van der Waals surface area contributed by atoms with E-state index in [1.54, 1.807) is 0 Å². The van der Waals surface area contributed by atoms with Crippen LogP contribution in [-0.4, -0.2) is 36.1 Å². The van der Waals surface area contributed by atoms with E-state index >= 15 is 0 Å². The number of esters is 1. The van der Waals surface area contributed by atoms with Gasteiger partial charge in [0.05, 0.1) is 13.0 Å². The quantitative estimate of drug-likeness (QED) is 0.706. The Morgan fingerprint density at radius 1 is 1.35 bits per heavy atom. The lowest BCUT2D eigenvalue weighted by Gasteiger charge is -2.42. The van der Waals surface area contributed by atoms with Crippen molar-refractivity contribution in [2.75, 3.05) is 19.7 Å². The van der Waals surface area contributed by atoms with Gasteiger partial charge in [0.15, 0.2) is 0 Å². The molecule has 0 spiro atoms. The van der Waals surface area contributed by atoms with Crippen molar-refractivity contribution < 1.29 is 9.53 Å². The molecule has 2 unspecified atom stereocenters. The highest BCUT2D eigenvalue weighted by Crippen LogP contribution is 2.44. The van der Waals surface area contributed by atoms with Crippen LogP contribution in [0.1, 0.15) is 52.4 Å². The van der Waals surface area contributed by atoms with E-state index in [-0.39, 0.29) is 11.5 Å². The number of rotatable bonds is 4. The Balaban J connectivity index is 2.09. The van der Waals surface area contributed by atoms with Gasteiger partial charge in [-0.1, -0.05) is 13.3 Å². The standard InChI is InChI=1S/C14H25NO2/c1-3-17-13(16)11-14(8-6-7-12(14)2)15-9-4-5-10-15/h12H,3-11H2,1-2H3. The molecular weight excluding hydrogens is 214 g/mol. The van der Waals surface area contributed by atoms with E-state index in [0.717, 1.165) is 0 Å². The number of hydrogen-bond donors (Lipinski definition) is 0. The van der Waals surface area contributed by atoms with Gasteiger partial charge in [-0.15, -0.1) is 0 Å². The molecule has 0 amide bonds. The van der Waals surface area contributed by atoms with Crippen LogP contribution in [0.3, 0.4) is 0 Å². The summed E-state index contributed by atoms with van der Waals surface area (Å²) in [7, 11) is 0. The average molecular weight is 239 g/mol. The molecule has 0 aromatic rings. The lowest BCUT2D eigenvalue weighted by Crippen LogP contribution is -2.50. The summed E-state index contributed by atoms with van der Waals surface area (Å²) in [5.74, 6) is 0.623. The van der Waals surface area contributed by atoms with Crippen LogP contribution >= 0.6 is 0 Å². The fraction of sp³-hybridized carbons (Fsp3) is 0.929. The molecule has 2 atom stereocenters. The number of carbonyl (C=O) groups is 1. The maximum absolute atomic E-state index is 11.9. The smallest absolute Gasteiger partial charge is 0.307 e. The topological polar surface area (TPSA) is 29.5 Å². The zero-order chi connectivity index (χ0) is 12.3. The second-order valence-electron chi connectivity index (χ2n) is 5.57. The van der Waals surface area contributed by atoms with E-state index in [2.05, 4.69) is 11.8 Å². The number of carbonyl (C=O) groups excluding carboxylic acids is 1. The molecule has 1 saturated carbocycles. The number of ether oxygens (including phenoxy) is 1. The molecule has 0 aromatic heterocycles. The Morgan fingerprint density at radius 2 is 2.06 bits per heavy atom. The van der Waals surface area contributed by atoms with Crippen molar-refractivity contribution in [2.45, 2.75) is 57.9 Å². The van der Waals surface area contributed by atoms with E-state index in [0.29, 0.717) is 18.9 Å². The third kappa shape index (κ3) is 2.49. The summed E-state index contributed by atoms with van der Waals surface area (Å²) in [6.07, 6.45) is 6.87. The fourth-order valence-corrected chi connectivity index (χ4v) is 3.70. The van der Waals surface area contributed by atoms with Crippen LogP contribution in [0.25, 0.3) is 0 Å². The third-order valence-corrected chi connectivity index (χ3v) is 4.66. The van der Waals surface area contributed by atoms with E-state index < -0.39 is 0 Å². The molecule has 0 aromatic carbocycles. The van der Waals surface area contributed by atoms with Crippen molar-refractivity contribution in [3.63, 3.8) is 0 Å². The van der Waals surface area contributed by atoms with Crippen LogP contribution in [0.2, 0.25) is 0 Å². The first kappa shape index (κ1) is 12.9. The van der Waals surface area contributed by atoms with Gasteiger partial charge in [0.25, 0.3) is 0 Å². The van der Waals surface area contributed by atoms with Crippen LogP contribution in [0.15, 0.2) is 0 Å². The Labute approximate surface area is 105 Å². The molecule has 2 rings (SSSR count). The minimum Gasteiger partial charge on any atom is -0.466 e. The molecule has 3 heteroatoms. The summed E-state index contributed by atoms with van der Waals surface area (Å²) >= 11 is 0. The number of nitrogens with zero attached hydrogens (tertiary/aromatic N) is 1. The number of hydrogen-bond acceptors (Lipinski definition) is 3. The average Bonchev–Trinajstić information content (AvgIpc) is 2.90. The Hall–Kier alpha value is -0.570. The van der Waals surface area contributed by atoms with E-state index in [1.165, 1.54) is 45.2 Å². The lowest BCUT2D eigenvalue weighted by molar-refractivity contribution is -0.147. The summed E-state index contributed by atoms with van der Waals surface area (Å²) in [5, 5.41) is 0. The van der Waals surface area contributed by atoms with E-state index in [9.17, 15) is 4.79 Å². The maximum atomic E-state index is 11.9. The van der Waals surface area contributed by atoms with Gasteiger partial charge in [0.1, 0.15) is 0 Å². The molecule has 2 aliphatic rings. The summed E-state index contributed by atoms with van der Waals surface area (Å²) < 4.78 is 5.17. The third-order valence-electron chi connectivity index (χ3n) is 4.66. The van der Waals surface area contributed by atoms with Crippen LogP contribution in [-0.2, 0) is 9.53 Å². The van der Waals surface area contributed by atoms with Gasteiger partial charge in [0, 0.05) is 5.54 Å². The first-order chi connectivity index (χ1) is 8.19. The molecule has 98 valence electrons. The molecule has 0 N–H and O–H groups in total. The molecule has 0 radical (unpaired) electrons. The largest absolute Gasteiger partial charge is 0.466 e. The van der Waals surface area contributed by atoms with Crippen LogP contribution < -0.4 is 0 Å². The van der Waals surface area contributed by atoms with Crippen LogP contribution in [0.5, 0.6) is 0 Å². The molecule has 3 nitrogen and oxygen atoms in total. The Morgan fingerprint density at radius 3 is 2.59 bits per heavy atom. The van der Waals surface area contributed by atoms with E-state index in [1.807, 2.05) is 6.92 Å². The molecule has 1 aliphatic carbocycles. The summed E-state index contributed by atoms with van der Waals surface area (Å²) in [5.41, 5.74) is 0.114. The van der Waals surface area contributed by atoms with Gasteiger partial charge >= 0.3 is 5.97 Å². The molecule has 17 heavy (non-hydrogen) atoms. The summed E-state index contributed by atoms with van der Waals surface area (Å²) in [6, 6.07) is 0. The van der Waals surface area contributed by atoms with Gasteiger partial charge < -0.3 is 4.74 Å². The van der Waals surface area contributed by atoms with Crippen molar-refractivity contribution in [1.29, 1.82) is 0 Å². The highest BCUT2D eigenvalue weighted by Gasteiger charge is 2.47. The van der Waals surface area contributed by atoms with Gasteiger partial charge in [-0.3, -0.25) is 9.69 Å². The molecule has 0 bridgehead atoms. The molecule has 2 fully saturated rings. The van der Waals surface area contributed by atoms with Gasteiger partial charge in [-0.25, -0.2) is 0 Å². The van der Waals surface area contributed by atoms with Gasteiger partial charge in [0.2, 0.25) is 0 Å².